The van der Waals surface area contributed by atoms with Crippen LogP contribution in [0, 0.1) is 17.9 Å². The maximum Gasteiger partial charge on any atom is 0.252 e. The Balaban J connectivity index is 1.04. The molecule has 14 aromatic carbocycles. The largest absolute Gasteiger partial charge is 0.310 e. The predicted molar refractivity (Wildman–Crippen MR) is 387 cm³/mol. The Labute approximate surface area is 539 Å². The lowest BCUT2D eigenvalue weighted by molar-refractivity contribution is 1.17. The molecule has 0 unspecified atom stereocenters. The molecule has 430 valence electrons. The van der Waals surface area contributed by atoms with Crippen molar-refractivity contribution in [3.63, 3.8) is 0 Å². The molecular weight excluding hydrogens is 1130 g/mol. The number of hydrogen-bond donors (Lipinski definition) is 0. The number of benzene rings is 14. The number of rotatable bonds is 9. The van der Waals surface area contributed by atoms with Crippen LogP contribution in [0.25, 0.3) is 115 Å². The van der Waals surface area contributed by atoms with Gasteiger partial charge in [0.15, 0.2) is 5.69 Å². The Kier molecular flexibility index (Phi) is 12.4. The topological polar surface area (TPSA) is 44.5 Å². The van der Waals surface area contributed by atoms with Gasteiger partial charge in [-0.3, -0.25) is 0 Å². The summed E-state index contributed by atoms with van der Waals surface area (Å²) in [6, 6.07) is 118. The number of aromatic nitrogens is 2. The lowest BCUT2D eigenvalue weighted by Gasteiger charge is -2.46. The summed E-state index contributed by atoms with van der Waals surface area (Å²) in [4.78, 5) is 9.33. The van der Waals surface area contributed by atoms with E-state index in [4.69, 9.17) is 6.57 Å². The van der Waals surface area contributed by atoms with E-state index in [9.17, 15) is 5.26 Å². The summed E-state index contributed by atoms with van der Waals surface area (Å²) >= 11 is 0. The van der Waals surface area contributed by atoms with E-state index in [1.54, 1.807) is 0 Å². The smallest absolute Gasteiger partial charge is 0.252 e. The summed E-state index contributed by atoms with van der Waals surface area (Å²) in [5.41, 5.74) is 26.7. The molecule has 2 aromatic heterocycles. The molecule has 0 spiro atoms. The van der Waals surface area contributed by atoms with E-state index in [1.807, 2.05) is 0 Å². The van der Waals surface area contributed by atoms with Crippen molar-refractivity contribution in [1.82, 2.24) is 9.13 Å². The van der Waals surface area contributed by atoms with Crippen LogP contribution in [0.1, 0.15) is 5.56 Å². The van der Waals surface area contributed by atoms with Crippen LogP contribution >= 0.6 is 0 Å². The highest BCUT2D eigenvalue weighted by molar-refractivity contribution is 7.00. The van der Waals surface area contributed by atoms with Gasteiger partial charge in [0, 0.05) is 66.8 Å². The maximum atomic E-state index is 11.2. The summed E-state index contributed by atoms with van der Waals surface area (Å²) < 4.78 is 4.86. The number of anilines is 6. The van der Waals surface area contributed by atoms with Crippen LogP contribution in [0.3, 0.4) is 0 Å². The second-order valence-electron chi connectivity index (χ2n) is 24.1. The second-order valence-corrected chi connectivity index (χ2v) is 24.1. The van der Waals surface area contributed by atoms with Crippen LogP contribution in [-0.2, 0) is 0 Å². The lowest BCUT2D eigenvalue weighted by Crippen LogP contribution is -2.61. The zero-order chi connectivity index (χ0) is 61.7. The molecule has 0 saturated heterocycles. The third-order valence-electron chi connectivity index (χ3n) is 19.1. The normalized spacial score (nSPS) is 12.2. The summed E-state index contributed by atoms with van der Waals surface area (Å²) in [5, 5.41) is 15.9. The molecule has 6 nitrogen and oxygen atoms in total. The Morgan fingerprint density at radius 2 is 0.634 bits per heavy atom. The van der Waals surface area contributed by atoms with Gasteiger partial charge in [0.25, 0.3) is 6.71 Å². The molecule has 2 aliphatic heterocycles. The first-order valence-electron chi connectivity index (χ1n) is 31.5. The van der Waals surface area contributed by atoms with Gasteiger partial charge in [-0.05, 0) is 146 Å². The van der Waals surface area contributed by atoms with Crippen molar-refractivity contribution in [2.24, 2.45) is 0 Å². The quantitative estimate of drug-likeness (QED) is 0.107. The Morgan fingerprint density at radius 3 is 0.978 bits per heavy atom. The molecule has 0 saturated carbocycles. The summed E-state index contributed by atoms with van der Waals surface area (Å²) in [6.45, 7) is 8.42. The highest BCUT2D eigenvalue weighted by Crippen LogP contribution is 2.55. The summed E-state index contributed by atoms with van der Waals surface area (Å²) in [7, 11) is 0. The van der Waals surface area contributed by atoms with Crippen LogP contribution in [0.2, 0.25) is 0 Å². The Morgan fingerprint density at radius 1 is 0.312 bits per heavy atom. The van der Waals surface area contributed by atoms with Crippen molar-refractivity contribution in [3.05, 3.63) is 338 Å². The lowest BCUT2D eigenvalue weighted by atomic mass is 9.33. The molecule has 0 atom stereocenters. The minimum absolute atomic E-state index is 0.321. The summed E-state index contributed by atoms with van der Waals surface area (Å²) in [6.07, 6.45) is 0. The molecular formula is C86H53BN6. The van der Waals surface area contributed by atoms with Crippen molar-refractivity contribution < 1.29 is 0 Å². The average molecular weight is 1180 g/mol. The van der Waals surface area contributed by atoms with E-state index >= 15 is 0 Å². The Hall–Kier alpha value is -12.7. The van der Waals surface area contributed by atoms with E-state index in [0.29, 0.717) is 11.3 Å². The maximum absolute atomic E-state index is 11.2. The fourth-order valence-electron chi connectivity index (χ4n) is 15.1. The highest BCUT2D eigenvalue weighted by atomic mass is 15.2. The van der Waals surface area contributed by atoms with Gasteiger partial charge < -0.3 is 18.9 Å². The average Bonchev–Trinajstić information content (AvgIpc) is 1.23. The van der Waals surface area contributed by atoms with Crippen LogP contribution < -0.4 is 26.2 Å². The monoisotopic (exact) mass is 1180 g/mol. The van der Waals surface area contributed by atoms with E-state index < -0.39 is 0 Å². The molecule has 0 radical (unpaired) electrons. The van der Waals surface area contributed by atoms with Crippen LogP contribution in [0.5, 0.6) is 0 Å². The Bertz CT molecular complexity index is 5220. The molecule has 7 heteroatoms. The molecule has 0 aliphatic carbocycles. The summed E-state index contributed by atoms with van der Waals surface area (Å²) in [5.74, 6) is 0. The van der Waals surface area contributed by atoms with Gasteiger partial charge in [0.1, 0.15) is 0 Å². The molecule has 4 heterocycles. The third kappa shape index (κ3) is 8.42. The minimum atomic E-state index is -0.321. The number of nitrogens with zero attached hydrogens (tertiary/aromatic N) is 6. The molecule has 0 fully saturated rings. The molecule has 16 aromatic rings. The molecule has 18 rings (SSSR count). The molecule has 0 N–H and O–H groups in total. The fraction of sp³-hybridized carbons (Fsp3) is 0. The van der Waals surface area contributed by atoms with Gasteiger partial charge in [0.2, 0.25) is 0 Å². The first-order chi connectivity index (χ1) is 46.1. The van der Waals surface area contributed by atoms with Gasteiger partial charge in [-0.25, -0.2) is 4.85 Å². The molecule has 93 heavy (non-hydrogen) atoms. The SMILES string of the molecule is [C-]#[N+]c1cc(-c2ccccc2)c(N2c3cc(-n4c5ccccc5c5ccccc54)ccc3B3c4ccc(-n5c6ccccc6c6ccccc65)cc4N(c4c(-c5ccccc5)cc(C#N)cc4-c4ccccc4)c4cc(-c5ccccc5)cc2c43)c(-c2ccccc2)c1. The van der Waals surface area contributed by atoms with E-state index in [1.165, 1.54) is 21.5 Å². The van der Waals surface area contributed by atoms with Gasteiger partial charge in [-0.1, -0.05) is 237 Å². The van der Waals surface area contributed by atoms with Crippen molar-refractivity contribution >= 4 is 107 Å². The third-order valence-corrected chi connectivity index (χ3v) is 19.1. The van der Waals surface area contributed by atoms with E-state index in [2.05, 4.69) is 351 Å². The number of fused-ring (bicyclic) bond motifs is 10. The van der Waals surface area contributed by atoms with Crippen molar-refractivity contribution in [2.45, 2.75) is 0 Å². The molecule has 0 bridgehead atoms. The molecule has 2 aliphatic rings. The van der Waals surface area contributed by atoms with Gasteiger partial charge >= 0.3 is 0 Å². The highest BCUT2D eigenvalue weighted by Gasteiger charge is 2.46. The van der Waals surface area contributed by atoms with Crippen molar-refractivity contribution in [1.29, 1.82) is 5.26 Å². The number of hydrogen-bond acceptors (Lipinski definition) is 3. The zero-order valence-corrected chi connectivity index (χ0v) is 50.4. The van der Waals surface area contributed by atoms with Gasteiger partial charge in [-0.15, -0.1) is 0 Å². The zero-order valence-electron chi connectivity index (χ0n) is 50.4. The van der Waals surface area contributed by atoms with Crippen LogP contribution in [0.15, 0.2) is 322 Å². The van der Waals surface area contributed by atoms with Crippen LogP contribution in [-0.4, -0.2) is 15.8 Å². The second kappa shape index (κ2) is 21.5. The first-order valence-corrected chi connectivity index (χ1v) is 31.5. The fourth-order valence-corrected chi connectivity index (χ4v) is 15.1. The van der Waals surface area contributed by atoms with E-state index in [-0.39, 0.29) is 6.71 Å². The minimum Gasteiger partial charge on any atom is -0.310 e. The predicted octanol–water partition coefficient (Wildman–Crippen LogP) is 20.7. The van der Waals surface area contributed by atoms with Crippen molar-refractivity contribution in [3.8, 4) is 73.1 Å². The first kappa shape index (κ1) is 53.4. The number of nitriles is 1. The van der Waals surface area contributed by atoms with Crippen molar-refractivity contribution in [2.75, 3.05) is 9.80 Å². The van der Waals surface area contributed by atoms with Gasteiger partial charge in [-0.2, -0.15) is 5.26 Å². The molecule has 0 amide bonds. The standard InChI is InChI=1S/C86H53BN6/c1-89-63-51-72(60-31-13-5-14-32-60)86(73(52-63)61-33-15-6-16-34-61)93-81-54-65(91-78-41-23-19-37-68(78)69-38-20-24-42-79(69)91)44-46-75(81)87-74-45-43-64(90-76-39-21-17-35-66(76)67-36-18-22-40-77(67)90)53-80(74)92(82-49-62(50-83(93)84(82)87)57-25-7-2-8-26-57)85-70(58-27-9-3-10-28-58)47-56(55-88)48-71(85)59-29-11-4-12-30-59/h2-54H. The number of para-hydroxylation sites is 4. The van der Waals surface area contributed by atoms with E-state index in [0.717, 1.165) is 140 Å². The van der Waals surface area contributed by atoms with Gasteiger partial charge in [0.05, 0.1) is 51.6 Å². The van der Waals surface area contributed by atoms with Crippen LogP contribution in [0.4, 0.5) is 39.8 Å².